The van der Waals surface area contributed by atoms with Crippen molar-refractivity contribution in [2.45, 2.75) is 19.8 Å². The van der Waals surface area contributed by atoms with Gasteiger partial charge in [0.15, 0.2) is 5.01 Å². The Hall–Kier alpha value is -2.35. The lowest BCUT2D eigenvalue weighted by Crippen LogP contribution is -2.34. The normalized spacial score (nSPS) is 14.1. The number of amides is 2. The summed E-state index contributed by atoms with van der Waals surface area (Å²) < 4.78 is 0. The van der Waals surface area contributed by atoms with Gasteiger partial charge in [0.2, 0.25) is 0 Å². The summed E-state index contributed by atoms with van der Waals surface area (Å²) in [7, 11) is 1.60. The number of rotatable bonds is 2. The predicted octanol–water partition coefficient (Wildman–Crippen LogP) is 0.842. The van der Waals surface area contributed by atoms with Crippen LogP contribution in [0.2, 0.25) is 0 Å². The van der Waals surface area contributed by atoms with Crippen LogP contribution in [0.15, 0.2) is 12.4 Å². The Labute approximate surface area is 137 Å². The zero-order valence-electron chi connectivity index (χ0n) is 13.0. The maximum Gasteiger partial charge on any atom is 0.280 e. The number of carbonyl (C=O) groups excluding carboxylic acids is 2. The number of hydrogen-bond donors (Lipinski definition) is 1. The van der Waals surface area contributed by atoms with Crippen molar-refractivity contribution in [1.82, 2.24) is 25.2 Å². The molecular formula is C15H17N5O2S. The van der Waals surface area contributed by atoms with E-state index in [4.69, 9.17) is 0 Å². The minimum Gasteiger partial charge on any atom is -0.353 e. The molecule has 0 aromatic carbocycles. The molecule has 0 saturated carbocycles. The molecule has 0 atom stereocenters. The van der Waals surface area contributed by atoms with E-state index in [1.807, 2.05) is 6.92 Å². The summed E-state index contributed by atoms with van der Waals surface area (Å²) in [6.07, 6.45) is 4.46. The molecule has 1 aliphatic heterocycles. The molecule has 2 aromatic rings. The largest absolute Gasteiger partial charge is 0.353 e. The summed E-state index contributed by atoms with van der Waals surface area (Å²) in [5, 5.41) is 3.08. The maximum atomic E-state index is 12.5. The molecule has 1 N–H and O–H groups in total. The number of fused-ring (bicyclic) bond motifs is 1. The summed E-state index contributed by atoms with van der Waals surface area (Å²) in [5.74, 6) is -0.273. The van der Waals surface area contributed by atoms with Gasteiger partial charge in [0, 0.05) is 44.1 Å². The van der Waals surface area contributed by atoms with E-state index in [1.165, 1.54) is 17.5 Å². The monoisotopic (exact) mass is 331 g/mol. The first-order valence-corrected chi connectivity index (χ1v) is 8.18. The van der Waals surface area contributed by atoms with E-state index in [9.17, 15) is 9.59 Å². The van der Waals surface area contributed by atoms with Crippen LogP contribution >= 0.6 is 11.3 Å². The second-order valence-electron chi connectivity index (χ2n) is 5.30. The fourth-order valence-electron chi connectivity index (χ4n) is 2.44. The van der Waals surface area contributed by atoms with E-state index in [0.29, 0.717) is 36.6 Å². The third-order valence-corrected chi connectivity index (χ3v) is 4.87. The molecule has 0 unspecified atom stereocenters. The molecule has 0 bridgehead atoms. The second kappa shape index (κ2) is 6.41. The first-order valence-electron chi connectivity index (χ1n) is 7.37. The van der Waals surface area contributed by atoms with Crippen molar-refractivity contribution >= 4 is 23.2 Å². The standard InChI is InChI=1S/C15H17N5O2S/c1-9-7-18-11(8-17-9)15(22)20-5-3-10-12(4-6-20)23-14(19-10)13(21)16-2/h7-8H,3-6H2,1-2H3,(H,16,21). The van der Waals surface area contributed by atoms with Crippen molar-refractivity contribution in [3.05, 3.63) is 39.4 Å². The van der Waals surface area contributed by atoms with Gasteiger partial charge in [0.25, 0.3) is 11.8 Å². The van der Waals surface area contributed by atoms with E-state index in [0.717, 1.165) is 16.3 Å². The Balaban J connectivity index is 1.72. The van der Waals surface area contributed by atoms with Crippen LogP contribution in [0.3, 0.4) is 0 Å². The number of thiazole rings is 1. The lowest BCUT2D eigenvalue weighted by molar-refractivity contribution is 0.0756. The molecule has 0 aliphatic carbocycles. The number of hydrogen-bond acceptors (Lipinski definition) is 6. The van der Waals surface area contributed by atoms with E-state index in [-0.39, 0.29) is 11.8 Å². The van der Waals surface area contributed by atoms with E-state index in [1.54, 1.807) is 18.1 Å². The lowest BCUT2D eigenvalue weighted by Gasteiger charge is -2.19. The maximum absolute atomic E-state index is 12.5. The van der Waals surface area contributed by atoms with Gasteiger partial charge in [-0.1, -0.05) is 0 Å². The molecule has 3 heterocycles. The molecule has 8 heteroatoms. The van der Waals surface area contributed by atoms with Crippen molar-refractivity contribution in [3.8, 4) is 0 Å². The van der Waals surface area contributed by atoms with Crippen molar-refractivity contribution in [3.63, 3.8) is 0 Å². The average Bonchev–Trinajstić information content (AvgIpc) is 2.87. The topological polar surface area (TPSA) is 88.1 Å². The number of aryl methyl sites for hydroxylation is 1. The van der Waals surface area contributed by atoms with Crippen molar-refractivity contribution in [2.24, 2.45) is 0 Å². The summed E-state index contributed by atoms with van der Waals surface area (Å²) in [6.45, 7) is 3.00. The Morgan fingerprint density at radius 3 is 2.70 bits per heavy atom. The van der Waals surface area contributed by atoms with Crippen LogP contribution in [0, 0.1) is 6.92 Å². The quantitative estimate of drug-likeness (QED) is 0.881. The van der Waals surface area contributed by atoms with Crippen LogP contribution in [-0.4, -0.2) is 51.8 Å². The molecule has 1 aliphatic rings. The SMILES string of the molecule is CNC(=O)c1nc2c(s1)CCN(C(=O)c1cnc(C)cn1)CC2. The van der Waals surface area contributed by atoms with Gasteiger partial charge in [-0.05, 0) is 6.92 Å². The molecule has 0 saturated heterocycles. The number of nitrogens with zero attached hydrogens (tertiary/aromatic N) is 4. The molecule has 0 spiro atoms. The minimum absolute atomic E-state index is 0.112. The summed E-state index contributed by atoms with van der Waals surface area (Å²) in [5.41, 5.74) is 2.06. The molecule has 2 amide bonds. The van der Waals surface area contributed by atoms with Gasteiger partial charge < -0.3 is 10.2 Å². The third-order valence-electron chi connectivity index (χ3n) is 3.71. The third kappa shape index (κ3) is 3.21. The zero-order chi connectivity index (χ0) is 16.4. The van der Waals surface area contributed by atoms with Gasteiger partial charge in [-0.3, -0.25) is 14.6 Å². The Morgan fingerprint density at radius 2 is 2.00 bits per heavy atom. The number of nitrogens with one attached hydrogen (secondary N) is 1. The molecular weight excluding hydrogens is 314 g/mol. The summed E-state index contributed by atoms with van der Waals surface area (Å²) in [6, 6.07) is 0. The Morgan fingerprint density at radius 1 is 1.22 bits per heavy atom. The highest BCUT2D eigenvalue weighted by Gasteiger charge is 2.24. The number of aromatic nitrogens is 3. The van der Waals surface area contributed by atoms with Crippen LogP contribution < -0.4 is 5.32 Å². The second-order valence-corrected chi connectivity index (χ2v) is 6.39. The summed E-state index contributed by atoms with van der Waals surface area (Å²) >= 11 is 1.40. The highest BCUT2D eigenvalue weighted by atomic mass is 32.1. The Bertz CT molecular complexity index is 715. The van der Waals surface area contributed by atoms with Gasteiger partial charge in [0.05, 0.1) is 17.6 Å². The van der Waals surface area contributed by atoms with Crippen molar-refractivity contribution in [1.29, 1.82) is 0 Å². The predicted molar refractivity (Wildman–Crippen MR) is 85.6 cm³/mol. The highest BCUT2D eigenvalue weighted by Crippen LogP contribution is 2.23. The van der Waals surface area contributed by atoms with Crippen molar-refractivity contribution in [2.75, 3.05) is 20.1 Å². The van der Waals surface area contributed by atoms with Crippen molar-refractivity contribution < 1.29 is 9.59 Å². The molecule has 120 valence electrons. The van der Waals surface area contributed by atoms with Crippen LogP contribution in [0.4, 0.5) is 0 Å². The molecule has 2 aromatic heterocycles. The first kappa shape index (κ1) is 15.5. The smallest absolute Gasteiger partial charge is 0.280 e. The van der Waals surface area contributed by atoms with Gasteiger partial charge >= 0.3 is 0 Å². The minimum atomic E-state index is -0.161. The van der Waals surface area contributed by atoms with E-state index >= 15 is 0 Å². The lowest BCUT2D eigenvalue weighted by atomic mass is 10.2. The summed E-state index contributed by atoms with van der Waals surface area (Å²) in [4.78, 5) is 39.7. The van der Waals surface area contributed by atoms with E-state index in [2.05, 4.69) is 20.3 Å². The van der Waals surface area contributed by atoms with Gasteiger partial charge in [0.1, 0.15) is 5.69 Å². The zero-order valence-corrected chi connectivity index (χ0v) is 13.8. The van der Waals surface area contributed by atoms with Crippen LogP contribution in [-0.2, 0) is 12.8 Å². The highest BCUT2D eigenvalue weighted by molar-refractivity contribution is 7.13. The molecule has 3 rings (SSSR count). The Kier molecular flexibility index (Phi) is 4.33. The molecule has 0 fully saturated rings. The van der Waals surface area contributed by atoms with Gasteiger partial charge in [-0.2, -0.15) is 0 Å². The van der Waals surface area contributed by atoms with Gasteiger partial charge in [-0.15, -0.1) is 11.3 Å². The average molecular weight is 331 g/mol. The van der Waals surface area contributed by atoms with E-state index < -0.39 is 0 Å². The molecule has 7 nitrogen and oxygen atoms in total. The first-order chi connectivity index (χ1) is 11.1. The molecule has 23 heavy (non-hydrogen) atoms. The van der Waals surface area contributed by atoms with Crippen LogP contribution in [0.5, 0.6) is 0 Å². The van der Waals surface area contributed by atoms with Gasteiger partial charge in [-0.25, -0.2) is 9.97 Å². The van der Waals surface area contributed by atoms with Crippen LogP contribution in [0.25, 0.3) is 0 Å². The fourth-order valence-corrected chi connectivity index (χ4v) is 3.48. The molecule has 0 radical (unpaired) electrons. The fraction of sp³-hybridized carbons (Fsp3) is 0.400. The van der Waals surface area contributed by atoms with Crippen LogP contribution in [0.1, 0.15) is 36.6 Å². The number of carbonyl (C=O) groups is 2.